The van der Waals surface area contributed by atoms with Gasteiger partial charge in [0.1, 0.15) is 11.5 Å². The van der Waals surface area contributed by atoms with Gasteiger partial charge in [0, 0.05) is 17.8 Å². The molecule has 1 N–H and O–H groups in total. The second-order valence-corrected chi connectivity index (χ2v) is 8.76. The van der Waals surface area contributed by atoms with Gasteiger partial charge >= 0.3 is 11.9 Å². The van der Waals surface area contributed by atoms with Crippen LogP contribution in [0.3, 0.4) is 0 Å². The van der Waals surface area contributed by atoms with Crippen LogP contribution in [0, 0.1) is 0 Å². The predicted octanol–water partition coefficient (Wildman–Crippen LogP) is 5.24. The summed E-state index contributed by atoms with van der Waals surface area (Å²) in [6.45, 7) is 1.05. The van der Waals surface area contributed by atoms with E-state index in [-0.39, 0.29) is 17.3 Å². The molecule has 0 aliphatic rings. The van der Waals surface area contributed by atoms with E-state index in [0.29, 0.717) is 25.4 Å². The monoisotopic (exact) mass is 534 g/mol. The number of unbranched alkanes of at least 4 members (excludes halogenated alkanes) is 4. The van der Waals surface area contributed by atoms with Gasteiger partial charge in [0.25, 0.3) is 0 Å². The summed E-state index contributed by atoms with van der Waals surface area (Å²) in [6.07, 6.45) is 5.09. The minimum absolute atomic E-state index is 0.0159. The second-order valence-electron chi connectivity index (χ2n) is 8.76. The molecule has 0 fully saturated rings. The van der Waals surface area contributed by atoms with Crippen LogP contribution in [0.15, 0.2) is 66.7 Å². The van der Waals surface area contributed by atoms with Gasteiger partial charge in [0.05, 0.1) is 33.9 Å². The third-order valence-corrected chi connectivity index (χ3v) is 5.76. The van der Waals surface area contributed by atoms with E-state index in [1.165, 1.54) is 26.4 Å². The smallest absolute Gasteiger partial charge is 0.356 e. The molecule has 9 nitrogen and oxygen atoms in total. The molecule has 0 saturated heterocycles. The summed E-state index contributed by atoms with van der Waals surface area (Å²) in [5.74, 6) is -0.248. The highest BCUT2D eigenvalue weighted by molar-refractivity contribution is 5.93. The van der Waals surface area contributed by atoms with Crippen molar-refractivity contribution in [3.63, 3.8) is 0 Å². The fourth-order valence-electron chi connectivity index (χ4n) is 3.74. The van der Waals surface area contributed by atoms with E-state index in [4.69, 9.17) is 9.47 Å². The zero-order valence-electron chi connectivity index (χ0n) is 22.3. The first-order chi connectivity index (χ1) is 19.0. The number of nitrogens with zero attached hydrogens (tertiary/aromatic N) is 1. The van der Waals surface area contributed by atoms with Crippen molar-refractivity contribution in [2.24, 2.45) is 0 Å². The van der Waals surface area contributed by atoms with E-state index in [1.54, 1.807) is 0 Å². The van der Waals surface area contributed by atoms with Crippen LogP contribution in [0.5, 0.6) is 11.5 Å². The highest BCUT2D eigenvalue weighted by Gasteiger charge is 2.16. The lowest BCUT2D eigenvalue weighted by molar-refractivity contribution is -0.115. The van der Waals surface area contributed by atoms with Crippen LogP contribution < -0.4 is 14.8 Å². The van der Waals surface area contributed by atoms with Crippen molar-refractivity contribution >= 4 is 23.5 Å². The minimum Gasteiger partial charge on any atom is -0.494 e. The number of benzene rings is 2. The lowest BCUT2D eigenvalue weighted by Gasteiger charge is -2.10. The average molecular weight is 535 g/mol. The third kappa shape index (κ3) is 10.1. The molecule has 0 unspecified atom stereocenters. The molecule has 1 heterocycles. The Morgan fingerprint density at radius 1 is 0.692 bits per heavy atom. The van der Waals surface area contributed by atoms with Crippen molar-refractivity contribution in [1.82, 2.24) is 4.98 Å². The number of methoxy groups -OCH3 is 2. The van der Waals surface area contributed by atoms with Crippen molar-refractivity contribution < 1.29 is 33.3 Å². The SMILES string of the molecule is COC(=O)c1cc(OCCCCCCCOc2ccc(NC(=O)Cc3ccccc3)cc2)cc(C(=O)OC)n1. The van der Waals surface area contributed by atoms with E-state index >= 15 is 0 Å². The number of nitrogens with one attached hydrogen (secondary N) is 1. The molecule has 0 saturated carbocycles. The number of esters is 2. The van der Waals surface area contributed by atoms with Gasteiger partial charge in [-0.15, -0.1) is 0 Å². The summed E-state index contributed by atoms with van der Waals surface area (Å²) in [5, 5.41) is 2.90. The molecule has 0 atom stereocenters. The molecule has 9 heteroatoms. The van der Waals surface area contributed by atoms with E-state index in [9.17, 15) is 14.4 Å². The maximum atomic E-state index is 12.2. The number of carbonyl (C=O) groups is 3. The Bertz CT molecular complexity index is 1180. The van der Waals surface area contributed by atoms with E-state index in [1.807, 2.05) is 54.6 Å². The molecule has 39 heavy (non-hydrogen) atoms. The summed E-state index contributed by atoms with van der Waals surface area (Å²) in [7, 11) is 2.48. The molecular formula is C30H34N2O7. The Labute approximate surface area is 228 Å². The molecule has 0 radical (unpaired) electrons. The van der Waals surface area contributed by atoms with Crippen LogP contribution in [0.25, 0.3) is 0 Å². The Morgan fingerprint density at radius 3 is 1.79 bits per heavy atom. The largest absolute Gasteiger partial charge is 0.494 e. The first-order valence-corrected chi connectivity index (χ1v) is 12.9. The molecule has 206 valence electrons. The van der Waals surface area contributed by atoms with Crippen LogP contribution in [0.2, 0.25) is 0 Å². The number of rotatable bonds is 15. The van der Waals surface area contributed by atoms with Crippen LogP contribution in [0.4, 0.5) is 5.69 Å². The highest BCUT2D eigenvalue weighted by atomic mass is 16.5. The third-order valence-electron chi connectivity index (χ3n) is 5.76. The maximum absolute atomic E-state index is 12.2. The van der Waals surface area contributed by atoms with Crippen LogP contribution >= 0.6 is 0 Å². The number of carbonyl (C=O) groups excluding carboxylic acids is 3. The van der Waals surface area contributed by atoms with Gasteiger partial charge in [-0.1, -0.05) is 49.6 Å². The summed E-state index contributed by atoms with van der Waals surface area (Å²) in [5.41, 5.74) is 1.68. The molecular weight excluding hydrogens is 500 g/mol. The van der Waals surface area contributed by atoms with Gasteiger partial charge < -0.3 is 24.3 Å². The molecule has 0 bridgehead atoms. The number of anilines is 1. The minimum atomic E-state index is -0.658. The Morgan fingerprint density at radius 2 is 1.23 bits per heavy atom. The number of aromatic nitrogens is 1. The number of hydrogen-bond donors (Lipinski definition) is 1. The topological polar surface area (TPSA) is 113 Å². The molecule has 2 aromatic carbocycles. The lowest BCUT2D eigenvalue weighted by atomic mass is 10.1. The molecule has 1 amide bonds. The highest BCUT2D eigenvalue weighted by Crippen LogP contribution is 2.18. The summed E-state index contributed by atoms with van der Waals surface area (Å²) in [6, 6.07) is 19.9. The molecule has 0 aliphatic heterocycles. The summed E-state index contributed by atoms with van der Waals surface area (Å²) < 4.78 is 20.9. The molecule has 3 aromatic rings. The van der Waals surface area contributed by atoms with Crippen molar-refractivity contribution in [1.29, 1.82) is 0 Å². The van der Waals surface area contributed by atoms with Crippen molar-refractivity contribution in [3.8, 4) is 11.5 Å². The normalized spacial score (nSPS) is 10.4. The van der Waals surface area contributed by atoms with E-state index in [2.05, 4.69) is 19.8 Å². The van der Waals surface area contributed by atoms with E-state index in [0.717, 1.165) is 49.1 Å². The fourth-order valence-corrected chi connectivity index (χ4v) is 3.74. The van der Waals surface area contributed by atoms with Gasteiger partial charge in [-0.3, -0.25) is 4.79 Å². The Kier molecular flexibility index (Phi) is 11.8. The zero-order chi connectivity index (χ0) is 27.9. The van der Waals surface area contributed by atoms with Crippen molar-refractivity contribution in [2.45, 2.75) is 38.5 Å². The van der Waals surface area contributed by atoms with Crippen LogP contribution in [0.1, 0.15) is 58.6 Å². The van der Waals surface area contributed by atoms with Crippen molar-refractivity contribution in [2.75, 3.05) is 32.8 Å². The van der Waals surface area contributed by atoms with Gasteiger partial charge in [0.15, 0.2) is 11.4 Å². The lowest BCUT2D eigenvalue weighted by Crippen LogP contribution is -2.14. The number of hydrogen-bond acceptors (Lipinski definition) is 8. The first kappa shape index (κ1) is 29.2. The predicted molar refractivity (Wildman–Crippen MR) is 146 cm³/mol. The maximum Gasteiger partial charge on any atom is 0.356 e. The quantitative estimate of drug-likeness (QED) is 0.208. The fraction of sp³-hybridized carbons (Fsp3) is 0.333. The number of amides is 1. The van der Waals surface area contributed by atoms with Crippen LogP contribution in [-0.4, -0.2) is 50.3 Å². The van der Waals surface area contributed by atoms with Gasteiger partial charge in [0.2, 0.25) is 5.91 Å². The first-order valence-electron chi connectivity index (χ1n) is 12.9. The average Bonchev–Trinajstić information content (AvgIpc) is 2.96. The molecule has 0 spiro atoms. The number of pyridine rings is 1. The summed E-state index contributed by atoms with van der Waals surface area (Å²) >= 11 is 0. The van der Waals surface area contributed by atoms with Gasteiger partial charge in [-0.05, 0) is 42.7 Å². The second kappa shape index (κ2) is 15.8. The zero-order valence-corrected chi connectivity index (χ0v) is 22.3. The number of ether oxygens (including phenoxy) is 4. The Balaban J connectivity index is 1.28. The van der Waals surface area contributed by atoms with Crippen LogP contribution in [-0.2, 0) is 20.7 Å². The summed E-state index contributed by atoms with van der Waals surface area (Å²) in [4.78, 5) is 39.8. The molecule has 3 rings (SSSR count). The Hall–Kier alpha value is -4.40. The van der Waals surface area contributed by atoms with Crippen molar-refractivity contribution in [3.05, 3.63) is 83.7 Å². The van der Waals surface area contributed by atoms with Gasteiger partial charge in [-0.25, -0.2) is 14.6 Å². The van der Waals surface area contributed by atoms with Gasteiger partial charge in [-0.2, -0.15) is 0 Å². The standard InChI is InChI=1S/C30H34N2O7/c1-36-29(34)26-20-25(21-27(32-26)30(35)37-2)39-18-10-5-3-4-9-17-38-24-15-13-23(14-16-24)31-28(33)19-22-11-7-6-8-12-22/h6-8,11-16,20-21H,3-5,9-10,17-19H2,1-2H3,(H,31,33). The molecule has 0 aliphatic carbocycles. The molecule has 1 aromatic heterocycles. The van der Waals surface area contributed by atoms with E-state index < -0.39 is 11.9 Å².